The van der Waals surface area contributed by atoms with Crippen LogP contribution in [0.25, 0.3) is 0 Å². The van der Waals surface area contributed by atoms with Crippen LogP contribution < -0.4 is 10.6 Å². The van der Waals surface area contributed by atoms with Crippen molar-refractivity contribution in [1.29, 1.82) is 0 Å². The summed E-state index contributed by atoms with van der Waals surface area (Å²) in [6.07, 6.45) is 2.22. The quantitative estimate of drug-likeness (QED) is 0.791. The van der Waals surface area contributed by atoms with Crippen LogP contribution in [0.4, 0.5) is 4.79 Å². The Morgan fingerprint density at radius 1 is 1.31 bits per heavy atom. The highest BCUT2D eigenvalue weighted by atomic mass is 35.5. The topological polar surface area (TPSA) is 70.7 Å². The molecule has 140 valence electrons. The summed E-state index contributed by atoms with van der Waals surface area (Å²) >= 11 is 6.32. The first-order chi connectivity index (χ1) is 12.5. The number of rotatable bonds is 4. The first kappa shape index (κ1) is 18.7. The smallest absolute Gasteiger partial charge is 0.338 e. The minimum absolute atomic E-state index is 0.344. The molecule has 26 heavy (non-hydrogen) atoms. The highest BCUT2D eigenvalue weighted by Gasteiger charge is 2.35. The van der Waals surface area contributed by atoms with Gasteiger partial charge in [-0.05, 0) is 43.5 Å². The molecule has 0 aliphatic carbocycles. The monoisotopic (exact) mass is 377 g/mol. The number of urea groups is 1. The Morgan fingerprint density at radius 3 is 2.65 bits per heavy atom. The van der Waals surface area contributed by atoms with Crippen molar-refractivity contribution in [3.63, 3.8) is 0 Å². The van der Waals surface area contributed by atoms with Gasteiger partial charge in [0, 0.05) is 17.3 Å². The summed E-state index contributed by atoms with van der Waals surface area (Å²) < 4.78 is 5.00. The van der Waals surface area contributed by atoms with E-state index in [0.29, 0.717) is 34.3 Å². The molecule has 1 aromatic carbocycles. The molecule has 3 rings (SSSR count). The number of hydrogen-bond acceptors (Lipinski definition) is 4. The molecule has 0 aromatic heterocycles. The van der Waals surface area contributed by atoms with E-state index in [9.17, 15) is 9.59 Å². The Labute approximate surface area is 158 Å². The maximum Gasteiger partial charge on any atom is 0.338 e. The molecule has 6 nitrogen and oxygen atoms in total. The van der Waals surface area contributed by atoms with E-state index < -0.39 is 12.0 Å². The zero-order valence-electron chi connectivity index (χ0n) is 15.0. The lowest BCUT2D eigenvalue weighted by atomic mass is 9.94. The van der Waals surface area contributed by atoms with Crippen molar-refractivity contribution in [2.45, 2.75) is 25.8 Å². The van der Waals surface area contributed by atoms with Gasteiger partial charge in [-0.2, -0.15) is 0 Å². The van der Waals surface area contributed by atoms with Crippen molar-refractivity contribution in [2.75, 3.05) is 26.7 Å². The van der Waals surface area contributed by atoms with Gasteiger partial charge < -0.3 is 15.4 Å². The number of halogens is 1. The molecule has 1 saturated heterocycles. The predicted octanol–water partition coefficient (Wildman–Crippen LogP) is 2.85. The molecule has 2 aliphatic heterocycles. The van der Waals surface area contributed by atoms with E-state index in [2.05, 4.69) is 22.5 Å². The van der Waals surface area contributed by atoms with Crippen LogP contribution in [0.5, 0.6) is 0 Å². The van der Waals surface area contributed by atoms with E-state index in [1.165, 1.54) is 7.11 Å². The Hall–Kier alpha value is -2.05. The van der Waals surface area contributed by atoms with Crippen LogP contribution in [0, 0.1) is 5.92 Å². The number of ether oxygens (including phenoxy) is 1. The third kappa shape index (κ3) is 4.02. The minimum Gasteiger partial charge on any atom is -0.466 e. The number of benzene rings is 1. The second-order valence-electron chi connectivity index (χ2n) is 6.90. The Bertz CT molecular complexity index is 726. The molecule has 1 aromatic rings. The van der Waals surface area contributed by atoms with Gasteiger partial charge in [-0.25, -0.2) is 9.59 Å². The van der Waals surface area contributed by atoms with Crippen molar-refractivity contribution < 1.29 is 14.3 Å². The van der Waals surface area contributed by atoms with Crippen molar-refractivity contribution in [2.24, 2.45) is 5.92 Å². The van der Waals surface area contributed by atoms with E-state index in [-0.39, 0.29) is 6.03 Å². The van der Waals surface area contributed by atoms with Gasteiger partial charge in [-0.3, -0.25) is 4.90 Å². The number of piperidine rings is 1. The fourth-order valence-corrected chi connectivity index (χ4v) is 3.72. The maximum atomic E-state index is 12.5. The Balaban J connectivity index is 1.96. The van der Waals surface area contributed by atoms with E-state index >= 15 is 0 Å². The number of amides is 2. The molecule has 2 heterocycles. The number of likely N-dealkylation sites (tertiary alicyclic amines) is 1. The first-order valence-electron chi connectivity index (χ1n) is 8.85. The summed E-state index contributed by atoms with van der Waals surface area (Å²) in [4.78, 5) is 27.0. The van der Waals surface area contributed by atoms with Crippen molar-refractivity contribution >= 4 is 23.6 Å². The number of methoxy groups -OCH3 is 1. The predicted molar refractivity (Wildman–Crippen MR) is 99.7 cm³/mol. The van der Waals surface area contributed by atoms with Gasteiger partial charge >= 0.3 is 12.0 Å². The normalized spacial score (nSPS) is 22.0. The largest absolute Gasteiger partial charge is 0.466 e. The van der Waals surface area contributed by atoms with E-state index in [4.69, 9.17) is 16.3 Å². The second-order valence-corrected chi connectivity index (χ2v) is 7.30. The van der Waals surface area contributed by atoms with Crippen LogP contribution in [-0.4, -0.2) is 43.6 Å². The lowest BCUT2D eigenvalue weighted by Crippen LogP contribution is -2.49. The number of nitrogens with one attached hydrogen (secondary N) is 2. The van der Waals surface area contributed by atoms with Gasteiger partial charge in [0.15, 0.2) is 0 Å². The van der Waals surface area contributed by atoms with Crippen LogP contribution in [0.15, 0.2) is 35.5 Å². The van der Waals surface area contributed by atoms with Crippen molar-refractivity contribution in [3.8, 4) is 0 Å². The summed E-state index contributed by atoms with van der Waals surface area (Å²) in [5.41, 5.74) is 1.66. The number of hydrogen-bond donors (Lipinski definition) is 2. The summed E-state index contributed by atoms with van der Waals surface area (Å²) in [7, 11) is 1.34. The Kier molecular flexibility index (Phi) is 5.84. The SMILES string of the molecule is COC(=O)C1=C(CN2CCC(C)CC2)NC(=O)NC1c1ccccc1Cl. The second kappa shape index (κ2) is 8.10. The average Bonchev–Trinajstić information content (AvgIpc) is 2.63. The molecule has 1 unspecified atom stereocenters. The molecule has 0 spiro atoms. The van der Waals surface area contributed by atoms with E-state index in [1.54, 1.807) is 6.07 Å². The fraction of sp³-hybridized carbons (Fsp3) is 0.474. The van der Waals surface area contributed by atoms with Crippen LogP contribution in [0.3, 0.4) is 0 Å². The highest BCUT2D eigenvalue weighted by molar-refractivity contribution is 6.31. The summed E-state index contributed by atoms with van der Waals surface area (Å²) in [6.45, 7) is 4.64. The third-order valence-corrected chi connectivity index (χ3v) is 5.38. The fourth-order valence-electron chi connectivity index (χ4n) is 3.48. The molecule has 7 heteroatoms. The molecule has 0 saturated carbocycles. The van der Waals surface area contributed by atoms with Crippen molar-refractivity contribution in [1.82, 2.24) is 15.5 Å². The number of carbonyl (C=O) groups excluding carboxylic acids is 2. The van der Waals surface area contributed by atoms with Crippen molar-refractivity contribution in [3.05, 3.63) is 46.1 Å². The standard InChI is InChI=1S/C19H24ClN3O3/c1-12-7-9-23(10-8-12)11-15-16(18(24)26-2)17(22-19(25)21-15)13-5-3-4-6-14(13)20/h3-6,12,17H,7-11H2,1-2H3,(H2,21,22,25). The molecule has 2 N–H and O–H groups in total. The Morgan fingerprint density at radius 2 is 2.00 bits per heavy atom. The number of carbonyl (C=O) groups is 2. The van der Waals surface area contributed by atoms with E-state index in [0.717, 1.165) is 25.9 Å². The number of nitrogens with zero attached hydrogens (tertiary/aromatic N) is 1. The van der Waals surface area contributed by atoms with Crippen LogP contribution >= 0.6 is 11.6 Å². The van der Waals surface area contributed by atoms with Gasteiger partial charge in [-0.15, -0.1) is 0 Å². The minimum atomic E-state index is -0.636. The third-order valence-electron chi connectivity index (χ3n) is 5.03. The van der Waals surface area contributed by atoms with Crippen LogP contribution in [0.2, 0.25) is 5.02 Å². The average molecular weight is 378 g/mol. The molecule has 2 amide bonds. The van der Waals surface area contributed by atoms with Crippen LogP contribution in [-0.2, 0) is 9.53 Å². The van der Waals surface area contributed by atoms with Gasteiger partial charge in [0.25, 0.3) is 0 Å². The highest BCUT2D eigenvalue weighted by Crippen LogP contribution is 2.32. The molecule has 1 atom stereocenters. The number of esters is 1. The summed E-state index contributed by atoms with van der Waals surface area (Å²) in [5, 5.41) is 6.10. The molecule has 0 radical (unpaired) electrons. The van der Waals surface area contributed by atoms with Gasteiger partial charge in [0.1, 0.15) is 0 Å². The van der Waals surface area contributed by atoms with Gasteiger partial charge in [-0.1, -0.05) is 36.7 Å². The lowest BCUT2D eigenvalue weighted by Gasteiger charge is -2.34. The zero-order chi connectivity index (χ0) is 18.7. The summed E-state index contributed by atoms with van der Waals surface area (Å²) in [5.74, 6) is 0.238. The summed E-state index contributed by atoms with van der Waals surface area (Å²) in [6, 6.07) is 6.21. The molecule has 0 bridgehead atoms. The molecular weight excluding hydrogens is 354 g/mol. The van der Waals surface area contributed by atoms with Gasteiger partial charge in [0.05, 0.1) is 18.7 Å². The van der Waals surface area contributed by atoms with Gasteiger partial charge in [0.2, 0.25) is 0 Å². The molecule has 1 fully saturated rings. The van der Waals surface area contributed by atoms with E-state index in [1.807, 2.05) is 18.2 Å². The van der Waals surface area contributed by atoms with Crippen LogP contribution in [0.1, 0.15) is 31.4 Å². The first-order valence-corrected chi connectivity index (χ1v) is 9.23. The zero-order valence-corrected chi connectivity index (χ0v) is 15.8. The molecule has 2 aliphatic rings. The lowest BCUT2D eigenvalue weighted by molar-refractivity contribution is -0.136. The molecular formula is C19H24ClN3O3. The maximum absolute atomic E-state index is 12.5.